The first kappa shape index (κ1) is 22.8. The molecule has 2 aliphatic rings. The number of nitrogens with zero attached hydrogens (tertiary/aromatic N) is 4. The lowest BCUT2D eigenvalue weighted by Gasteiger charge is -2.34. The highest BCUT2D eigenvalue weighted by atomic mass is 35.5. The molecule has 1 aromatic heterocycles. The van der Waals surface area contributed by atoms with Gasteiger partial charge in [0.2, 0.25) is 0 Å². The number of fused-ring (bicyclic) bond motifs is 3. The molecule has 10 heteroatoms. The summed E-state index contributed by atoms with van der Waals surface area (Å²) in [7, 11) is 0. The number of carbonyl (C=O) groups excluding carboxylic acids is 2. The Balaban J connectivity index is 1.43. The highest BCUT2D eigenvalue weighted by molar-refractivity contribution is 6.42. The van der Waals surface area contributed by atoms with Crippen LogP contribution in [0.2, 0.25) is 10.0 Å². The van der Waals surface area contributed by atoms with Crippen molar-refractivity contribution in [2.75, 3.05) is 6.54 Å². The van der Waals surface area contributed by atoms with E-state index in [4.69, 9.17) is 23.2 Å². The molecule has 176 valence electrons. The van der Waals surface area contributed by atoms with Gasteiger partial charge in [0.15, 0.2) is 0 Å². The van der Waals surface area contributed by atoms with E-state index in [-0.39, 0.29) is 41.5 Å². The molecule has 0 fully saturated rings. The Morgan fingerprint density at radius 1 is 1.12 bits per heavy atom. The molecule has 0 bridgehead atoms. The Hall–Kier alpha value is -2.97. The highest BCUT2D eigenvalue weighted by Crippen LogP contribution is 2.31. The van der Waals surface area contributed by atoms with Crippen LogP contribution in [-0.4, -0.2) is 44.0 Å². The Bertz CT molecular complexity index is 1330. The number of hydrogen-bond donors (Lipinski definition) is 0. The van der Waals surface area contributed by atoms with E-state index < -0.39 is 11.6 Å². The fourth-order valence-corrected chi connectivity index (χ4v) is 4.85. The maximum Gasteiger partial charge on any atom is 0.272 e. The summed E-state index contributed by atoms with van der Waals surface area (Å²) in [6.45, 7) is 2.84. The van der Waals surface area contributed by atoms with Crippen LogP contribution < -0.4 is 0 Å². The third-order valence-corrected chi connectivity index (χ3v) is 7.09. The van der Waals surface area contributed by atoms with Gasteiger partial charge in [0.25, 0.3) is 11.8 Å². The SMILES string of the molecule is C[C@@H]1Cc2nn3c(c2CN1C(=O)c1ccc(Cl)c(Cl)c1)C(=O)N(Cc1cc(F)ccc1F)CC3. The average Bonchev–Trinajstić information content (AvgIpc) is 3.16. The van der Waals surface area contributed by atoms with Crippen molar-refractivity contribution in [3.05, 3.63) is 86.2 Å². The average molecular weight is 505 g/mol. The molecular weight excluding hydrogens is 485 g/mol. The number of halogens is 4. The fraction of sp³-hybridized carbons (Fsp3) is 0.292. The van der Waals surface area contributed by atoms with E-state index in [0.29, 0.717) is 41.4 Å². The minimum Gasteiger partial charge on any atom is -0.331 e. The largest absolute Gasteiger partial charge is 0.331 e. The van der Waals surface area contributed by atoms with E-state index >= 15 is 0 Å². The van der Waals surface area contributed by atoms with Crippen molar-refractivity contribution >= 4 is 35.0 Å². The summed E-state index contributed by atoms with van der Waals surface area (Å²) >= 11 is 12.1. The smallest absolute Gasteiger partial charge is 0.272 e. The van der Waals surface area contributed by atoms with Gasteiger partial charge in [-0.25, -0.2) is 8.78 Å². The summed E-state index contributed by atoms with van der Waals surface area (Å²) in [6, 6.07) is 7.78. The first-order chi connectivity index (χ1) is 16.2. The van der Waals surface area contributed by atoms with Crippen molar-refractivity contribution in [3.63, 3.8) is 0 Å². The van der Waals surface area contributed by atoms with E-state index in [1.54, 1.807) is 21.7 Å². The Kier molecular flexibility index (Phi) is 5.81. The predicted molar refractivity (Wildman–Crippen MR) is 123 cm³/mol. The monoisotopic (exact) mass is 504 g/mol. The van der Waals surface area contributed by atoms with Crippen LogP contribution in [0.5, 0.6) is 0 Å². The molecule has 2 aromatic carbocycles. The van der Waals surface area contributed by atoms with Gasteiger partial charge in [-0.2, -0.15) is 5.10 Å². The number of benzene rings is 2. The lowest BCUT2D eigenvalue weighted by atomic mass is 9.97. The lowest BCUT2D eigenvalue weighted by Crippen LogP contribution is -2.44. The maximum atomic E-state index is 14.2. The van der Waals surface area contributed by atoms with Crippen LogP contribution in [0.4, 0.5) is 8.78 Å². The van der Waals surface area contributed by atoms with Crippen molar-refractivity contribution in [2.45, 2.75) is 39.0 Å². The van der Waals surface area contributed by atoms with Crippen LogP contribution in [-0.2, 0) is 26.1 Å². The minimum absolute atomic E-state index is 0.0509. The molecule has 3 heterocycles. The molecule has 3 aromatic rings. The molecular formula is C24H20Cl2F2N4O2. The summed E-state index contributed by atoms with van der Waals surface area (Å²) in [5, 5.41) is 5.26. The van der Waals surface area contributed by atoms with Crippen molar-refractivity contribution < 1.29 is 18.4 Å². The second-order valence-electron chi connectivity index (χ2n) is 8.57. The van der Waals surface area contributed by atoms with Crippen molar-refractivity contribution in [1.82, 2.24) is 19.6 Å². The summed E-state index contributed by atoms with van der Waals surface area (Å²) < 4.78 is 29.5. The van der Waals surface area contributed by atoms with Gasteiger partial charge in [-0.3, -0.25) is 14.3 Å². The van der Waals surface area contributed by atoms with Gasteiger partial charge in [0.05, 0.1) is 28.8 Å². The minimum atomic E-state index is -0.567. The number of rotatable bonds is 3. The molecule has 5 rings (SSSR count). The van der Waals surface area contributed by atoms with Gasteiger partial charge in [-0.05, 0) is 43.3 Å². The molecule has 6 nitrogen and oxygen atoms in total. The maximum absolute atomic E-state index is 14.2. The highest BCUT2D eigenvalue weighted by Gasteiger charge is 2.37. The quantitative estimate of drug-likeness (QED) is 0.518. The zero-order chi connectivity index (χ0) is 24.1. The Morgan fingerprint density at radius 2 is 1.91 bits per heavy atom. The van der Waals surface area contributed by atoms with Crippen molar-refractivity contribution in [1.29, 1.82) is 0 Å². The molecule has 0 radical (unpaired) electrons. The van der Waals surface area contributed by atoms with E-state index in [1.165, 1.54) is 11.0 Å². The standard InChI is InChI=1S/C24H20Cl2F2N4O2/c1-13-8-21-17(12-31(13)23(33)14-2-4-18(25)19(26)10-14)22-24(34)30(6-7-32(22)29-21)11-15-9-16(27)3-5-20(15)28/h2-5,9-10,13H,6-8,11-12H2,1H3/t13-/m1/s1. The summed E-state index contributed by atoms with van der Waals surface area (Å²) in [4.78, 5) is 29.8. The van der Waals surface area contributed by atoms with Gasteiger partial charge >= 0.3 is 0 Å². The molecule has 0 saturated heterocycles. The number of carbonyl (C=O) groups is 2. The van der Waals surface area contributed by atoms with Crippen molar-refractivity contribution in [3.8, 4) is 0 Å². The zero-order valence-electron chi connectivity index (χ0n) is 18.2. The third kappa shape index (κ3) is 3.95. The van der Waals surface area contributed by atoms with Crippen LogP contribution in [0.1, 0.15) is 44.6 Å². The van der Waals surface area contributed by atoms with Gasteiger partial charge in [0.1, 0.15) is 17.3 Å². The molecule has 34 heavy (non-hydrogen) atoms. The normalized spacial score (nSPS) is 17.6. The fourth-order valence-electron chi connectivity index (χ4n) is 4.55. The molecule has 0 unspecified atom stereocenters. The second kappa shape index (κ2) is 8.67. The van der Waals surface area contributed by atoms with Crippen LogP contribution >= 0.6 is 23.2 Å². The lowest BCUT2D eigenvalue weighted by molar-refractivity contribution is 0.0636. The summed E-state index contributed by atoms with van der Waals surface area (Å²) in [6.07, 6.45) is 0.494. The van der Waals surface area contributed by atoms with Gasteiger partial charge in [-0.15, -0.1) is 0 Å². The van der Waals surface area contributed by atoms with Gasteiger partial charge in [-0.1, -0.05) is 23.2 Å². The van der Waals surface area contributed by atoms with Crippen LogP contribution in [0.3, 0.4) is 0 Å². The topological polar surface area (TPSA) is 58.4 Å². The molecule has 2 amide bonds. The molecule has 0 saturated carbocycles. The summed E-state index contributed by atoms with van der Waals surface area (Å²) in [5.74, 6) is -1.67. The molecule has 0 N–H and O–H groups in total. The Morgan fingerprint density at radius 3 is 2.68 bits per heavy atom. The Labute approximate surface area is 204 Å². The third-order valence-electron chi connectivity index (χ3n) is 6.35. The predicted octanol–water partition coefficient (Wildman–Crippen LogP) is 4.71. The molecule has 1 atom stereocenters. The first-order valence-electron chi connectivity index (χ1n) is 10.8. The molecule has 2 aliphatic heterocycles. The van der Waals surface area contributed by atoms with Crippen LogP contribution in [0.15, 0.2) is 36.4 Å². The van der Waals surface area contributed by atoms with Crippen molar-refractivity contribution in [2.24, 2.45) is 0 Å². The number of amides is 2. The van der Waals surface area contributed by atoms with Crippen LogP contribution in [0.25, 0.3) is 0 Å². The van der Waals surface area contributed by atoms with E-state index in [1.807, 2.05) is 6.92 Å². The number of hydrogen-bond acceptors (Lipinski definition) is 3. The van der Waals surface area contributed by atoms with Gasteiger partial charge in [0, 0.05) is 42.2 Å². The molecule has 0 spiro atoms. The first-order valence-corrected chi connectivity index (χ1v) is 11.6. The van der Waals surface area contributed by atoms with E-state index in [2.05, 4.69) is 5.10 Å². The molecule has 0 aliphatic carbocycles. The van der Waals surface area contributed by atoms with Crippen LogP contribution in [0, 0.1) is 11.6 Å². The van der Waals surface area contributed by atoms with E-state index in [9.17, 15) is 18.4 Å². The summed E-state index contributed by atoms with van der Waals surface area (Å²) in [5.41, 5.74) is 2.35. The van der Waals surface area contributed by atoms with Gasteiger partial charge < -0.3 is 9.80 Å². The second-order valence-corrected chi connectivity index (χ2v) is 9.39. The number of aromatic nitrogens is 2. The zero-order valence-corrected chi connectivity index (χ0v) is 19.7. The van der Waals surface area contributed by atoms with E-state index in [0.717, 1.165) is 23.9 Å².